The molecule has 6 nitrogen and oxygen atoms in total. The first kappa shape index (κ1) is 23.1. The van der Waals surface area contributed by atoms with Crippen LogP contribution >= 0.6 is 0 Å². The zero-order valence-electron chi connectivity index (χ0n) is 17.7. The monoisotopic (exact) mass is 470 g/mol. The van der Waals surface area contributed by atoms with E-state index < -0.39 is 23.8 Å². The molecule has 3 N–H and O–H groups in total. The van der Waals surface area contributed by atoms with E-state index >= 15 is 0 Å². The predicted octanol–water partition coefficient (Wildman–Crippen LogP) is 5.32. The average molecular weight is 470 g/mol. The van der Waals surface area contributed by atoms with Crippen molar-refractivity contribution in [3.05, 3.63) is 93.8 Å². The SMILES string of the molecule is Cc1ccc(C2=NC(c3ccc(O)c(C#N)c3)ON2)cc1NCc1ccc(F)c(C(F)(F)F)c1. The van der Waals surface area contributed by atoms with E-state index in [2.05, 4.69) is 15.8 Å². The molecule has 0 aliphatic carbocycles. The summed E-state index contributed by atoms with van der Waals surface area (Å²) >= 11 is 0. The van der Waals surface area contributed by atoms with E-state index in [0.717, 1.165) is 17.7 Å². The van der Waals surface area contributed by atoms with E-state index in [1.54, 1.807) is 18.2 Å². The topological polar surface area (TPSA) is 89.7 Å². The van der Waals surface area contributed by atoms with Gasteiger partial charge in [0, 0.05) is 23.4 Å². The van der Waals surface area contributed by atoms with Crippen LogP contribution < -0.4 is 10.8 Å². The van der Waals surface area contributed by atoms with Gasteiger partial charge in [-0.2, -0.15) is 18.4 Å². The molecule has 0 radical (unpaired) electrons. The van der Waals surface area contributed by atoms with Crippen LogP contribution in [-0.4, -0.2) is 10.9 Å². The number of anilines is 1. The lowest BCUT2D eigenvalue weighted by molar-refractivity contribution is -0.140. The van der Waals surface area contributed by atoms with Crippen LogP contribution in [-0.2, 0) is 17.6 Å². The van der Waals surface area contributed by atoms with Gasteiger partial charge in [0.15, 0.2) is 5.84 Å². The highest BCUT2D eigenvalue weighted by atomic mass is 19.4. The number of nitriles is 1. The number of aromatic hydroxyl groups is 1. The summed E-state index contributed by atoms with van der Waals surface area (Å²) in [4.78, 5) is 9.96. The van der Waals surface area contributed by atoms with Crippen molar-refractivity contribution in [2.45, 2.75) is 25.9 Å². The zero-order chi connectivity index (χ0) is 24.5. The van der Waals surface area contributed by atoms with Crippen molar-refractivity contribution in [1.29, 1.82) is 5.26 Å². The first-order valence-electron chi connectivity index (χ1n) is 10.1. The maximum atomic E-state index is 13.5. The summed E-state index contributed by atoms with van der Waals surface area (Å²) in [6, 6.07) is 14.6. The third-order valence-corrected chi connectivity index (χ3v) is 5.27. The van der Waals surface area contributed by atoms with Crippen LogP contribution in [0.3, 0.4) is 0 Å². The van der Waals surface area contributed by atoms with E-state index in [0.29, 0.717) is 22.6 Å². The number of benzene rings is 3. The lowest BCUT2D eigenvalue weighted by atomic mass is 10.1. The van der Waals surface area contributed by atoms with Gasteiger partial charge in [-0.3, -0.25) is 0 Å². The molecule has 1 atom stereocenters. The Hall–Kier alpha value is -4.10. The summed E-state index contributed by atoms with van der Waals surface area (Å²) < 4.78 is 52.5. The molecular formula is C24H18F4N4O2. The second-order valence-electron chi connectivity index (χ2n) is 7.63. The number of nitrogens with zero attached hydrogens (tertiary/aromatic N) is 2. The number of phenolic OH excluding ortho intramolecular Hbond substituents is 1. The summed E-state index contributed by atoms with van der Waals surface area (Å²) in [5.41, 5.74) is 4.52. The Kier molecular flexibility index (Phi) is 6.13. The molecule has 0 bridgehead atoms. The molecule has 0 aromatic heterocycles. The molecule has 0 saturated heterocycles. The molecule has 0 saturated carbocycles. The number of amidine groups is 1. The number of rotatable bonds is 5. The second kappa shape index (κ2) is 9.03. The fourth-order valence-electron chi connectivity index (χ4n) is 3.41. The fourth-order valence-corrected chi connectivity index (χ4v) is 3.41. The molecule has 1 aliphatic rings. The Balaban J connectivity index is 1.53. The minimum absolute atomic E-state index is 0.0527. The van der Waals surface area contributed by atoms with Crippen molar-refractivity contribution in [2.24, 2.45) is 4.99 Å². The Morgan fingerprint density at radius 1 is 1.15 bits per heavy atom. The number of aliphatic imine (C=N–C) groups is 1. The highest BCUT2D eigenvalue weighted by molar-refractivity contribution is 5.99. The minimum atomic E-state index is -4.77. The van der Waals surface area contributed by atoms with Gasteiger partial charge in [0.05, 0.1) is 11.1 Å². The lowest BCUT2D eigenvalue weighted by Gasteiger charge is -2.13. The number of hydroxylamine groups is 1. The quantitative estimate of drug-likeness (QED) is 0.439. The van der Waals surface area contributed by atoms with Crippen molar-refractivity contribution in [3.8, 4) is 11.8 Å². The number of nitrogens with one attached hydrogen (secondary N) is 2. The van der Waals surface area contributed by atoms with Crippen molar-refractivity contribution in [3.63, 3.8) is 0 Å². The van der Waals surface area contributed by atoms with Crippen molar-refractivity contribution in [1.82, 2.24) is 5.48 Å². The molecule has 4 rings (SSSR count). The van der Waals surface area contributed by atoms with E-state index in [-0.39, 0.29) is 23.4 Å². The third kappa shape index (κ3) is 4.79. The molecule has 0 amide bonds. The Labute approximate surface area is 192 Å². The molecule has 34 heavy (non-hydrogen) atoms. The molecule has 10 heteroatoms. The van der Waals surface area contributed by atoms with Gasteiger partial charge in [0.2, 0.25) is 6.23 Å². The van der Waals surface area contributed by atoms with Gasteiger partial charge in [-0.25, -0.2) is 19.7 Å². The Morgan fingerprint density at radius 3 is 2.68 bits per heavy atom. The molecule has 1 aliphatic heterocycles. The van der Waals surface area contributed by atoms with Crippen molar-refractivity contribution >= 4 is 11.5 Å². The van der Waals surface area contributed by atoms with E-state index in [4.69, 9.17) is 10.1 Å². The van der Waals surface area contributed by atoms with Gasteiger partial charge < -0.3 is 10.4 Å². The normalized spacial score (nSPS) is 15.4. The summed E-state index contributed by atoms with van der Waals surface area (Å²) in [6.07, 6.45) is -5.51. The minimum Gasteiger partial charge on any atom is -0.507 e. The second-order valence-corrected chi connectivity index (χ2v) is 7.63. The summed E-state index contributed by atoms with van der Waals surface area (Å²) in [6.45, 7) is 1.89. The first-order valence-corrected chi connectivity index (χ1v) is 10.1. The third-order valence-electron chi connectivity index (χ3n) is 5.27. The standard InChI is InChI=1S/C24H18F4N4O2/c1-13-2-4-15(22-31-23(34-32-22)16-5-7-21(33)17(9-16)11-29)10-20(13)30-12-14-3-6-19(25)18(8-14)24(26,27)28/h2-10,23,30,33H,12H2,1H3,(H,31,32). The van der Waals surface area contributed by atoms with Crippen LogP contribution in [0.25, 0.3) is 0 Å². The predicted molar refractivity (Wildman–Crippen MR) is 116 cm³/mol. The van der Waals surface area contributed by atoms with E-state index in [9.17, 15) is 22.7 Å². The molecule has 0 fully saturated rings. The van der Waals surface area contributed by atoms with Crippen LogP contribution in [0.2, 0.25) is 0 Å². The van der Waals surface area contributed by atoms with E-state index in [1.807, 2.05) is 19.1 Å². The fraction of sp³-hybridized carbons (Fsp3) is 0.167. The zero-order valence-corrected chi connectivity index (χ0v) is 17.7. The van der Waals surface area contributed by atoms with Gasteiger partial charge in [0.1, 0.15) is 17.6 Å². The summed E-state index contributed by atoms with van der Waals surface area (Å²) in [7, 11) is 0. The average Bonchev–Trinajstić information content (AvgIpc) is 3.29. The molecule has 0 spiro atoms. The highest BCUT2D eigenvalue weighted by Crippen LogP contribution is 2.32. The summed E-state index contributed by atoms with van der Waals surface area (Å²) in [5.74, 6) is -1.04. The molecule has 174 valence electrons. The first-order chi connectivity index (χ1) is 16.2. The maximum absolute atomic E-state index is 13.5. The number of hydrogen-bond acceptors (Lipinski definition) is 6. The number of phenols is 1. The number of hydrogen-bond donors (Lipinski definition) is 3. The number of alkyl halides is 3. The van der Waals surface area contributed by atoms with Gasteiger partial charge in [0.25, 0.3) is 0 Å². The number of aryl methyl sites for hydroxylation is 1. The largest absolute Gasteiger partial charge is 0.507 e. The van der Waals surface area contributed by atoms with Crippen LogP contribution in [0.4, 0.5) is 23.2 Å². The van der Waals surface area contributed by atoms with Crippen LogP contribution in [0.1, 0.15) is 39.6 Å². The Morgan fingerprint density at radius 2 is 1.94 bits per heavy atom. The molecule has 1 unspecified atom stereocenters. The van der Waals surface area contributed by atoms with Crippen LogP contribution in [0.15, 0.2) is 59.6 Å². The van der Waals surface area contributed by atoms with Crippen molar-refractivity contribution in [2.75, 3.05) is 5.32 Å². The van der Waals surface area contributed by atoms with E-state index in [1.165, 1.54) is 18.2 Å². The highest BCUT2D eigenvalue weighted by Gasteiger charge is 2.34. The van der Waals surface area contributed by atoms with Gasteiger partial charge >= 0.3 is 6.18 Å². The van der Waals surface area contributed by atoms with Gasteiger partial charge in [-0.15, -0.1) is 0 Å². The molecule has 3 aromatic rings. The molecule has 3 aromatic carbocycles. The van der Waals surface area contributed by atoms with Gasteiger partial charge in [-0.05, 0) is 48.4 Å². The molecule has 1 heterocycles. The maximum Gasteiger partial charge on any atom is 0.419 e. The number of halogens is 4. The lowest BCUT2D eigenvalue weighted by Crippen LogP contribution is -2.18. The van der Waals surface area contributed by atoms with Crippen molar-refractivity contribution < 1.29 is 27.5 Å². The van der Waals surface area contributed by atoms with Crippen LogP contribution in [0.5, 0.6) is 5.75 Å². The Bertz CT molecular complexity index is 1320. The smallest absolute Gasteiger partial charge is 0.419 e. The summed E-state index contributed by atoms with van der Waals surface area (Å²) in [5, 5.41) is 21.8. The van der Waals surface area contributed by atoms with Gasteiger partial charge in [-0.1, -0.05) is 24.3 Å². The van der Waals surface area contributed by atoms with Crippen LogP contribution in [0, 0.1) is 24.1 Å². The molecular weight excluding hydrogens is 452 g/mol.